The van der Waals surface area contributed by atoms with E-state index >= 15 is 0 Å². The average molecular weight is 352 g/mol. The van der Waals surface area contributed by atoms with Gasteiger partial charge in [0.05, 0.1) is 12.2 Å². The van der Waals surface area contributed by atoms with Gasteiger partial charge in [-0.1, -0.05) is 33.1 Å². The molecule has 0 bridgehead atoms. The van der Waals surface area contributed by atoms with E-state index in [2.05, 4.69) is 19.2 Å². The Labute approximate surface area is 149 Å². The molecule has 1 aromatic rings. The van der Waals surface area contributed by atoms with Crippen molar-refractivity contribution in [1.82, 2.24) is 0 Å². The summed E-state index contributed by atoms with van der Waals surface area (Å²) in [5, 5.41) is 3.67. The average Bonchev–Trinajstić information content (AvgIpc) is 2.91. The number of ether oxygens (including phenoxy) is 1. The Morgan fingerprint density at radius 2 is 2.04 bits per heavy atom. The largest absolute Gasteiger partial charge is 0.462 e. The van der Waals surface area contributed by atoms with Crippen LogP contribution in [-0.4, -0.2) is 18.5 Å². The number of nitrogens with one attached hydrogen (secondary N) is 1. The molecule has 1 aliphatic rings. The van der Waals surface area contributed by atoms with E-state index in [1.165, 1.54) is 4.88 Å². The van der Waals surface area contributed by atoms with Gasteiger partial charge in [-0.25, -0.2) is 4.79 Å². The maximum absolute atomic E-state index is 12.4. The summed E-state index contributed by atoms with van der Waals surface area (Å²) < 4.78 is 5.24. The van der Waals surface area contributed by atoms with Crippen LogP contribution in [0.5, 0.6) is 0 Å². The number of unbranched alkanes of at least 4 members (excludes halogenated alkanes) is 2. The van der Waals surface area contributed by atoms with Crippen molar-refractivity contribution in [3.05, 3.63) is 16.0 Å². The number of carbonyl (C=O) groups is 2. The molecular formula is C19H29NO3S. The molecule has 0 aliphatic heterocycles. The van der Waals surface area contributed by atoms with E-state index in [1.54, 1.807) is 11.3 Å². The summed E-state index contributed by atoms with van der Waals surface area (Å²) in [4.78, 5) is 25.9. The number of hydrogen-bond acceptors (Lipinski definition) is 4. The zero-order valence-electron chi connectivity index (χ0n) is 15.1. The molecule has 0 saturated carbocycles. The molecule has 0 spiro atoms. The van der Waals surface area contributed by atoms with Crippen LogP contribution in [0.15, 0.2) is 0 Å². The molecule has 0 radical (unpaired) electrons. The maximum Gasteiger partial charge on any atom is 0.341 e. The van der Waals surface area contributed by atoms with E-state index in [4.69, 9.17) is 4.74 Å². The predicted octanol–water partition coefficient (Wildman–Crippen LogP) is 4.96. The highest BCUT2D eigenvalue weighted by atomic mass is 32.1. The number of amides is 1. The first-order chi connectivity index (χ1) is 11.6. The summed E-state index contributed by atoms with van der Waals surface area (Å²) in [5.41, 5.74) is 1.71. The summed E-state index contributed by atoms with van der Waals surface area (Å²) >= 11 is 1.57. The second kappa shape index (κ2) is 9.21. The highest BCUT2D eigenvalue weighted by Crippen LogP contribution is 2.40. The Morgan fingerprint density at radius 3 is 2.71 bits per heavy atom. The summed E-state index contributed by atoms with van der Waals surface area (Å²) in [7, 11) is 0. The molecule has 5 heteroatoms. The summed E-state index contributed by atoms with van der Waals surface area (Å²) in [6.07, 6.45) is 7.72. The van der Waals surface area contributed by atoms with Crippen LogP contribution in [0.25, 0.3) is 0 Å². The van der Waals surface area contributed by atoms with Crippen LogP contribution in [-0.2, 0) is 22.4 Å². The van der Waals surface area contributed by atoms with E-state index in [0.29, 0.717) is 29.5 Å². The Morgan fingerprint density at radius 1 is 1.25 bits per heavy atom. The predicted molar refractivity (Wildman–Crippen MR) is 98.9 cm³/mol. The van der Waals surface area contributed by atoms with Crippen LogP contribution in [0.1, 0.15) is 80.1 Å². The van der Waals surface area contributed by atoms with Crippen molar-refractivity contribution in [1.29, 1.82) is 0 Å². The minimum atomic E-state index is -0.297. The first-order valence-corrected chi connectivity index (χ1v) is 10.0. The Balaban J connectivity index is 2.21. The molecule has 0 fully saturated rings. The molecule has 2 rings (SSSR count). The molecule has 1 aliphatic carbocycles. The molecule has 1 atom stereocenters. The normalized spacial score (nSPS) is 16.5. The molecule has 1 N–H and O–H groups in total. The van der Waals surface area contributed by atoms with Gasteiger partial charge in [0, 0.05) is 11.3 Å². The van der Waals surface area contributed by atoms with Gasteiger partial charge in [-0.05, 0) is 44.1 Å². The Bertz CT molecular complexity index is 579. The second-order valence-corrected chi connectivity index (χ2v) is 7.56. The molecule has 24 heavy (non-hydrogen) atoms. The van der Waals surface area contributed by atoms with Crippen LogP contribution in [0.4, 0.5) is 5.00 Å². The third-order valence-corrected chi connectivity index (χ3v) is 5.85. The van der Waals surface area contributed by atoms with E-state index in [-0.39, 0.29) is 11.9 Å². The quantitative estimate of drug-likeness (QED) is 0.532. The smallest absolute Gasteiger partial charge is 0.341 e. The first-order valence-electron chi connectivity index (χ1n) is 9.22. The van der Waals surface area contributed by atoms with Crippen LogP contribution >= 0.6 is 11.3 Å². The van der Waals surface area contributed by atoms with Crippen molar-refractivity contribution < 1.29 is 14.3 Å². The van der Waals surface area contributed by atoms with Crippen molar-refractivity contribution in [2.45, 2.75) is 72.1 Å². The van der Waals surface area contributed by atoms with Gasteiger partial charge in [-0.3, -0.25) is 4.79 Å². The standard InChI is InChI=1S/C19H29NO3S/c1-4-7-8-9-16(21)20-18-17(19(22)23-6-3)14-11-10-13(5-2)12-15(14)24-18/h13H,4-12H2,1-3H3,(H,20,21). The molecule has 4 nitrogen and oxygen atoms in total. The number of fused-ring (bicyclic) bond motifs is 1. The molecule has 1 heterocycles. The van der Waals surface area contributed by atoms with Crippen molar-refractivity contribution in [2.75, 3.05) is 11.9 Å². The lowest BCUT2D eigenvalue weighted by atomic mass is 9.85. The highest BCUT2D eigenvalue weighted by molar-refractivity contribution is 7.17. The zero-order valence-corrected chi connectivity index (χ0v) is 15.9. The van der Waals surface area contributed by atoms with Crippen molar-refractivity contribution in [2.24, 2.45) is 5.92 Å². The van der Waals surface area contributed by atoms with Crippen LogP contribution < -0.4 is 5.32 Å². The van der Waals surface area contributed by atoms with E-state index in [1.807, 2.05) is 6.92 Å². The number of anilines is 1. The lowest BCUT2D eigenvalue weighted by Gasteiger charge is -2.20. The maximum atomic E-state index is 12.4. The van der Waals surface area contributed by atoms with Crippen LogP contribution in [0.3, 0.4) is 0 Å². The van der Waals surface area contributed by atoms with E-state index < -0.39 is 0 Å². The highest BCUT2D eigenvalue weighted by Gasteiger charge is 2.29. The minimum absolute atomic E-state index is 0.000336. The Hall–Kier alpha value is -1.36. The van der Waals surface area contributed by atoms with Crippen molar-refractivity contribution in [3.63, 3.8) is 0 Å². The second-order valence-electron chi connectivity index (χ2n) is 6.45. The molecule has 1 aromatic heterocycles. The van der Waals surface area contributed by atoms with Crippen LogP contribution in [0, 0.1) is 5.92 Å². The van der Waals surface area contributed by atoms with Gasteiger partial charge in [0.15, 0.2) is 0 Å². The number of carbonyl (C=O) groups excluding carboxylic acids is 2. The molecular weight excluding hydrogens is 322 g/mol. The number of rotatable bonds is 8. The number of thiophene rings is 1. The fourth-order valence-electron chi connectivity index (χ4n) is 3.23. The molecule has 1 amide bonds. The number of esters is 1. The summed E-state index contributed by atoms with van der Waals surface area (Å²) in [5.74, 6) is 0.382. The van der Waals surface area contributed by atoms with Crippen molar-refractivity contribution in [3.8, 4) is 0 Å². The monoisotopic (exact) mass is 351 g/mol. The first kappa shape index (κ1) is 19.0. The van der Waals surface area contributed by atoms with Gasteiger partial charge < -0.3 is 10.1 Å². The minimum Gasteiger partial charge on any atom is -0.462 e. The zero-order chi connectivity index (χ0) is 17.5. The van der Waals surface area contributed by atoms with Gasteiger partial charge in [0.25, 0.3) is 0 Å². The van der Waals surface area contributed by atoms with E-state index in [9.17, 15) is 9.59 Å². The Kier molecular flexibility index (Phi) is 7.28. The van der Waals surface area contributed by atoms with Gasteiger partial charge in [0.2, 0.25) is 5.91 Å². The van der Waals surface area contributed by atoms with Crippen molar-refractivity contribution >= 4 is 28.2 Å². The van der Waals surface area contributed by atoms with Gasteiger partial charge >= 0.3 is 5.97 Å². The fraction of sp³-hybridized carbons (Fsp3) is 0.684. The van der Waals surface area contributed by atoms with Gasteiger partial charge in [-0.2, -0.15) is 0 Å². The molecule has 1 unspecified atom stereocenters. The molecule has 0 saturated heterocycles. The van der Waals surface area contributed by atoms with Gasteiger partial charge in [-0.15, -0.1) is 11.3 Å². The summed E-state index contributed by atoms with van der Waals surface area (Å²) in [6, 6.07) is 0. The molecule has 134 valence electrons. The lowest BCUT2D eigenvalue weighted by molar-refractivity contribution is -0.116. The van der Waals surface area contributed by atoms with E-state index in [0.717, 1.165) is 50.5 Å². The van der Waals surface area contributed by atoms with Crippen LogP contribution in [0.2, 0.25) is 0 Å². The number of hydrogen-bond donors (Lipinski definition) is 1. The third-order valence-electron chi connectivity index (χ3n) is 4.68. The van der Waals surface area contributed by atoms with Gasteiger partial charge in [0.1, 0.15) is 5.00 Å². The molecule has 0 aromatic carbocycles. The SMILES string of the molecule is CCCCCC(=O)Nc1sc2c(c1C(=O)OCC)CCC(CC)C2. The fourth-order valence-corrected chi connectivity index (χ4v) is 4.60. The topological polar surface area (TPSA) is 55.4 Å². The lowest BCUT2D eigenvalue weighted by Crippen LogP contribution is -2.17. The third kappa shape index (κ3) is 4.59. The summed E-state index contributed by atoms with van der Waals surface area (Å²) in [6.45, 7) is 6.50.